The van der Waals surface area contributed by atoms with Gasteiger partial charge in [-0.25, -0.2) is 4.98 Å². The molecule has 0 saturated heterocycles. The van der Waals surface area contributed by atoms with Crippen molar-refractivity contribution < 1.29 is 9.53 Å². The van der Waals surface area contributed by atoms with E-state index in [1.807, 2.05) is 6.07 Å². The summed E-state index contributed by atoms with van der Waals surface area (Å²) in [6, 6.07) is 10.4. The first kappa shape index (κ1) is 13.1. The number of anilines is 1. The molecule has 5 heteroatoms. The molecule has 1 aliphatic heterocycles. The van der Waals surface area contributed by atoms with Gasteiger partial charge < -0.3 is 9.64 Å². The lowest BCUT2D eigenvalue weighted by Crippen LogP contribution is -2.29. The zero-order valence-electron chi connectivity index (χ0n) is 11.3. The summed E-state index contributed by atoms with van der Waals surface area (Å²) in [7, 11) is 1.41. The van der Waals surface area contributed by atoms with Crippen molar-refractivity contribution in [1.82, 2.24) is 4.98 Å². The van der Waals surface area contributed by atoms with Crippen molar-refractivity contribution in [2.75, 3.05) is 18.6 Å². The number of benzene rings is 1. The van der Waals surface area contributed by atoms with E-state index in [-0.39, 0.29) is 12.4 Å². The van der Waals surface area contributed by atoms with E-state index in [0.29, 0.717) is 0 Å². The van der Waals surface area contributed by atoms with Crippen molar-refractivity contribution in [3.63, 3.8) is 0 Å². The molecule has 0 aliphatic carbocycles. The average molecular weight is 288 g/mol. The van der Waals surface area contributed by atoms with Crippen LogP contribution in [0.2, 0.25) is 0 Å². The first-order valence-corrected chi connectivity index (χ1v) is 7.42. The molecule has 20 heavy (non-hydrogen) atoms. The fourth-order valence-corrected chi connectivity index (χ4v) is 3.50. The number of para-hydroxylation sites is 1. The smallest absolute Gasteiger partial charge is 0.312 e. The van der Waals surface area contributed by atoms with Crippen LogP contribution in [-0.4, -0.2) is 24.6 Å². The number of methoxy groups -OCH3 is 1. The lowest BCUT2D eigenvalue weighted by molar-refractivity contribution is -0.139. The number of nitrogens with zero attached hydrogens (tertiary/aromatic N) is 2. The first-order chi connectivity index (χ1) is 9.76. The minimum absolute atomic E-state index is 0.226. The van der Waals surface area contributed by atoms with E-state index >= 15 is 0 Å². The molecule has 2 aromatic rings. The largest absolute Gasteiger partial charge is 0.469 e. The summed E-state index contributed by atoms with van der Waals surface area (Å²) in [5.74, 6) is -0.226. The Kier molecular flexibility index (Phi) is 3.69. The molecule has 0 unspecified atom stereocenters. The molecule has 0 amide bonds. The van der Waals surface area contributed by atoms with Gasteiger partial charge in [0.1, 0.15) is 5.01 Å². The summed E-state index contributed by atoms with van der Waals surface area (Å²) < 4.78 is 4.69. The van der Waals surface area contributed by atoms with E-state index in [0.717, 1.165) is 30.2 Å². The lowest BCUT2D eigenvalue weighted by atomic mass is 10.1. The summed E-state index contributed by atoms with van der Waals surface area (Å²) >= 11 is 1.62. The highest BCUT2D eigenvalue weighted by Crippen LogP contribution is 2.28. The molecular weight excluding hydrogens is 272 g/mol. The van der Waals surface area contributed by atoms with E-state index in [4.69, 9.17) is 4.74 Å². The molecular formula is C15H16N2O2S. The second-order valence-corrected chi connectivity index (χ2v) is 5.91. The first-order valence-electron chi connectivity index (χ1n) is 6.60. The van der Waals surface area contributed by atoms with Crippen LogP contribution in [0, 0.1) is 0 Å². The van der Waals surface area contributed by atoms with Gasteiger partial charge in [0, 0.05) is 23.5 Å². The number of hydrogen-bond donors (Lipinski definition) is 0. The number of carbonyl (C=O) groups is 1. The van der Waals surface area contributed by atoms with Gasteiger partial charge in [0.25, 0.3) is 0 Å². The van der Waals surface area contributed by atoms with Crippen LogP contribution in [0.4, 0.5) is 5.69 Å². The highest BCUT2D eigenvalue weighted by molar-refractivity contribution is 7.11. The van der Waals surface area contributed by atoms with E-state index in [1.54, 1.807) is 11.3 Å². The van der Waals surface area contributed by atoms with Gasteiger partial charge >= 0.3 is 5.97 Å². The van der Waals surface area contributed by atoms with Gasteiger partial charge in [-0.15, -0.1) is 11.3 Å². The predicted molar refractivity (Wildman–Crippen MR) is 79.0 cm³/mol. The van der Waals surface area contributed by atoms with Crippen molar-refractivity contribution in [3.8, 4) is 0 Å². The number of hydrogen-bond acceptors (Lipinski definition) is 5. The molecule has 0 radical (unpaired) electrons. The SMILES string of the molecule is COC(=O)Cc1nc2c(s1)CN(c1ccccc1)CC2. The Morgan fingerprint density at radius 2 is 2.20 bits per heavy atom. The number of carbonyl (C=O) groups excluding carboxylic acids is 1. The molecule has 0 atom stereocenters. The number of rotatable bonds is 3. The summed E-state index contributed by atoms with van der Waals surface area (Å²) in [6.45, 7) is 1.84. The van der Waals surface area contributed by atoms with Crippen LogP contribution in [0.3, 0.4) is 0 Å². The fraction of sp³-hybridized carbons (Fsp3) is 0.333. The molecule has 0 saturated carbocycles. The summed E-state index contributed by atoms with van der Waals surface area (Å²) in [4.78, 5) is 19.5. The van der Waals surface area contributed by atoms with Crippen molar-refractivity contribution >= 4 is 23.0 Å². The standard InChI is InChI=1S/C15H16N2O2S/c1-19-15(18)9-14-16-12-7-8-17(10-13(12)20-14)11-5-3-2-4-6-11/h2-6H,7-10H2,1H3. The molecule has 0 fully saturated rings. The normalized spacial score (nSPS) is 13.9. The molecule has 4 nitrogen and oxygen atoms in total. The Balaban J connectivity index is 1.76. The zero-order chi connectivity index (χ0) is 13.9. The Labute approximate surface area is 122 Å². The monoisotopic (exact) mass is 288 g/mol. The van der Waals surface area contributed by atoms with Crippen molar-refractivity contribution in [3.05, 3.63) is 45.9 Å². The van der Waals surface area contributed by atoms with Crippen molar-refractivity contribution in [2.24, 2.45) is 0 Å². The molecule has 1 aliphatic rings. The van der Waals surface area contributed by atoms with E-state index in [1.165, 1.54) is 17.7 Å². The third kappa shape index (κ3) is 2.67. The summed E-state index contributed by atoms with van der Waals surface area (Å²) in [5, 5.41) is 0.858. The minimum Gasteiger partial charge on any atom is -0.469 e. The fourth-order valence-electron chi connectivity index (χ4n) is 2.38. The second-order valence-electron chi connectivity index (χ2n) is 4.74. The topological polar surface area (TPSA) is 42.4 Å². The zero-order valence-corrected chi connectivity index (χ0v) is 12.2. The van der Waals surface area contributed by atoms with Crippen molar-refractivity contribution in [2.45, 2.75) is 19.4 Å². The molecule has 2 heterocycles. The molecule has 0 N–H and O–H groups in total. The Bertz CT molecular complexity index is 610. The van der Waals surface area contributed by atoms with Gasteiger partial charge in [-0.3, -0.25) is 4.79 Å². The summed E-state index contributed by atoms with van der Waals surface area (Å²) in [6.07, 6.45) is 1.21. The third-order valence-corrected chi connectivity index (χ3v) is 4.50. The van der Waals surface area contributed by atoms with Crippen LogP contribution < -0.4 is 4.90 Å². The molecule has 0 bridgehead atoms. The maximum atomic E-state index is 11.3. The number of fused-ring (bicyclic) bond motifs is 1. The molecule has 1 aromatic carbocycles. The van der Waals surface area contributed by atoms with E-state index in [2.05, 4.69) is 34.1 Å². The van der Waals surface area contributed by atoms with E-state index < -0.39 is 0 Å². The number of aromatic nitrogens is 1. The second kappa shape index (κ2) is 5.63. The Morgan fingerprint density at radius 3 is 2.95 bits per heavy atom. The van der Waals surface area contributed by atoms with Gasteiger partial charge in [-0.1, -0.05) is 18.2 Å². The highest BCUT2D eigenvalue weighted by atomic mass is 32.1. The Morgan fingerprint density at radius 1 is 1.40 bits per heavy atom. The molecule has 3 rings (SSSR count). The van der Waals surface area contributed by atoms with E-state index in [9.17, 15) is 4.79 Å². The van der Waals surface area contributed by atoms with Gasteiger partial charge in [-0.2, -0.15) is 0 Å². The van der Waals surface area contributed by atoms with Crippen LogP contribution >= 0.6 is 11.3 Å². The quantitative estimate of drug-likeness (QED) is 0.814. The Hall–Kier alpha value is -1.88. The van der Waals surface area contributed by atoms with Crippen LogP contribution in [0.25, 0.3) is 0 Å². The number of thiazole rings is 1. The lowest BCUT2D eigenvalue weighted by Gasteiger charge is -2.28. The third-order valence-electron chi connectivity index (χ3n) is 3.42. The highest BCUT2D eigenvalue weighted by Gasteiger charge is 2.21. The molecule has 104 valence electrons. The summed E-state index contributed by atoms with van der Waals surface area (Å²) in [5.41, 5.74) is 2.38. The number of ether oxygens (including phenoxy) is 1. The van der Waals surface area contributed by atoms with Crippen LogP contribution in [0.15, 0.2) is 30.3 Å². The van der Waals surface area contributed by atoms with Gasteiger partial charge in [0.15, 0.2) is 0 Å². The average Bonchev–Trinajstić information content (AvgIpc) is 2.89. The minimum atomic E-state index is -0.226. The van der Waals surface area contributed by atoms with Gasteiger partial charge in [0.2, 0.25) is 0 Å². The number of esters is 1. The molecule has 0 spiro atoms. The van der Waals surface area contributed by atoms with Crippen LogP contribution in [0.1, 0.15) is 15.6 Å². The van der Waals surface area contributed by atoms with Crippen LogP contribution in [0.5, 0.6) is 0 Å². The maximum Gasteiger partial charge on any atom is 0.312 e. The van der Waals surface area contributed by atoms with Crippen molar-refractivity contribution in [1.29, 1.82) is 0 Å². The molecule has 1 aromatic heterocycles. The van der Waals surface area contributed by atoms with Gasteiger partial charge in [-0.05, 0) is 12.1 Å². The van der Waals surface area contributed by atoms with Crippen LogP contribution in [-0.2, 0) is 28.9 Å². The maximum absolute atomic E-state index is 11.3. The predicted octanol–water partition coefficient (Wildman–Crippen LogP) is 2.42. The van der Waals surface area contributed by atoms with Gasteiger partial charge in [0.05, 0.1) is 25.8 Å².